The molecule has 0 N–H and O–H groups in total. The minimum atomic E-state index is -3.16. The standard InChI is InChI=1S/C19H33N3O4S/c1-2-27(25,26)22-9-7-17(8-10-22)19(24)21-13-11-20(12-14-21)18(23)15-16-5-3-4-6-16/h16-17H,2-15H2,1H3. The monoisotopic (exact) mass is 399 g/mol. The van der Waals surface area contributed by atoms with E-state index in [0.717, 1.165) is 0 Å². The summed E-state index contributed by atoms with van der Waals surface area (Å²) in [6.07, 6.45) is 6.71. The number of hydrogen-bond acceptors (Lipinski definition) is 4. The van der Waals surface area contributed by atoms with Crippen LogP contribution in [0.3, 0.4) is 0 Å². The third-order valence-electron chi connectivity index (χ3n) is 6.44. The molecule has 0 aromatic rings. The van der Waals surface area contributed by atoms with Crippen LogP contribution in [0.1, 0.15) is 51.9 Å². The van der Waals surface area contributed by atoms with Crippen molar-refractivity contribution in [2.45, 2.75) is 51.9 Å². The molecule has 3 aliphatic rings. The largest absolute Gasteiger partial charge is 0.339 e. The van der Waals surface area contributed by atoms with E-state index in [1.165, 1.54) is 30.0 Å². The molecule has 2 saturated heterocycles. The third-order valence-corrected chi connectivity index (χ3v) is 8.32. The molecule has 3 fully saturated rings. The predicted octanol–water partition coefficient (Wildman–Crippen LogP) is 1.30. The van der Waals surface area contributed by atoms with E-state index >= 15 is 0 Å². The summed E-state index contributed by atoms with van der Waals surface area (Å²) >= 11 is 0. The molecule has 0 bridgehead atoms. The molecule has 2 heterocycles. The second kappa shape index (κ2) is 8.90. The number of rotatable bonds is 5. The highest BCUT2D eigenvalue weighted by Crippen LogP contribution is 2.28. The van der Waals surface area contributed by atoms with Crippen LogP contribution in [0, 0.1) is 11.8 Å². The van der Waals surface area contributed by atoms with E-state index in [1.54, 1.807) is 6.92 Å². The van der Waals surface area contributed by atoms with Gasteiger partial charge in [0.05, 0.1) is 5.75 Å². The Morgan fingerprint density at radius 3 is 1.96 bits per heavy atom. The van der Waals surface area contributed by atoms with Gasteiger partial charge in [-0.2, -0.15) is 0 Å². The molecule has 27 heavy (non-hydrogen) atoms. The zero-order valence-corrected chi connectivity index (χ0v) is 17.3. The van der Waals surface area contributed by atoms with Gasteiger partial charge in [0.2, 0.25) is 21.8 Å². The van der Waals surface area contributed by atoms with E-state index in [-0.39, 0.29) is 23.5 Å². The molecule has 0 atom stereocenters. The number of sulfonamides is 1. The van der Waals surface area contributed by atoms with Crippen LogP contribution in [-0.2, 0) is 19.6 Å². The Bertz CT molecular complexity index is 629. The fourth-order valence-electron chi connectivity index (χ4n) is 4.59. The van der Waals surface area contributed by atoms with E-state index in [1.807, 2.05) is 9.80 Å². The summed E-state index contributed by atoms with van der Waals surface area (Å²) in [6, 6.07) is 0. The molecule has 8 heteroatoms. The summed E-state index contributed by atoms with van der Waals surface area (Å²) < 4.78 is 25.4. The van der Waals surface area contributed by atoms with E-state index in [4.69, 9.17) is 0 Å². The molecular weight excluding hydrogens is 366 g/mol. The van der Waals surface area contributed by atoms with Gasteiger partial charge in [-0.05, 0) is 38.5 Å². The van der Waals surface area contributed by atoms with Crippen molar-refractivity contribution in [3.05, 3.63) is 0 Å². The van der Waals surface area contributed by atoms with Gasteiger partial charge in [-0.15, -0.1) is 0 Å². The van der Waals surface area contributed by atoms with Gasteiger partial charge >= 0.3 is 0 Å². The molecule has 1 saturated carbocycles. The van der Waals surface area contributed by atoms with Crippen LogP contribution in [-0.4, -0.2) is 79.4 Å². The van der Waals surface area contributed by atoms with E-state index < -0.39 is 10.0 Å². The topological polar surface area (TPSA) is 78.0 Å². The highest BCUT2D eigenvalue weighted by atomic mass is 32.2. The summed E-state index contributed by atoms with van der Waals surface area (Å²) in [5, 5.41) is 0. The normalized spacial score (nSPS) is 23.7. The van der Waals surface area contributed by atoms with Gasteiger partial charge in [0, 0.05) is 51.6 Å². The van der Waals surface area contributed by atoms with Crippen molar-refractivity contribution in [3.8, 4) is 0 Å². The quantitative estimate of drug-likeness (QED) is 0.698. The third kappa shape index (κ3) is 5.02. The maximum atomic E-state index is 12.8. The average Bonchev–Trinajstić information content (AvgIpc) is 3.20. The number of nitrogens with zero attached hydrogens (tertiary/aromatic N) is 3. The Kier molecular flexibility index (Phi) is 6.78. The lowest BCUT2D eigenvalue weighted by Gasteiger charge is -2.38. The summed E-state index contributed by atoms with van der Waals surface area (Å²) in [4.78, 5) is 29.0. The molecule has 0 radical (unpaired) electrons. The molecule has 0 aromatic carbocycles. The molecule has 0 spiro atoms. The van der Waals surface area contributed by atoms with Gasteiger partial charge in [0.15, 0.2) is 0 Å². The first-order valence-electron chi connectivity index (χ1n) is 10.4. The Morgan fingerprint density at radius 2 is 1.41 bits per heavy atom. The fraction of sp³-hybridized carbons (Fsp3) is 0.895. The van der Waals surface area contributed by atoms with Crippen LogP contribution in [0.25, 0.3) is 0 Å². The van der Waals surface area contributed by atoms with E-state index in [2.05, 4.69) is 0 Å². The smallest absolute Gasteiger partial charge is 0.225 e. The number of amides is 2. The van der Waals surface area contributed by atoms with Gasteiger partial charge in [-0.25, -0.2) is 12.7 Å². The first kappa shape index (κ1) is 20.6. The highest BCUT2D eigenvalue weighted by molar-refractivity contribution is 7.89. The van der Waals surface area contributed by atoms with Crippen molar-refractivity contribution in [2.24, 2.45) is 11.8 Å². The number of piperidine rings is 1. The van der Waals surface area contributed by atoms with Gasteiger partial charge in [0.25, 0.3) is 0 Å². The number of hydrogen-bond donors (Lipinski definition) is 0. The van der Waals surface area contributed by atoms with Gasteiger partial charge < -0.3 is 9.80 Å². The number of piperazine rings is 1. The van der Waals surface area contributed by atoms with Crippen LogP contribution < -0.4 is 0 Å². The van der Waals surface area contributed by atoms with Crippen molar-refractivity contribution < 1.29 is 18.0 Å². The summed E-state index contributed by atoms with van der Waals surface area (Å²) in [5.41, 5.74) is 0. The van der Waals surface area contributed by atoms with Crippen molar-refractivity contribution in [1.82, 2.24) is 14.1 Å². The highest BCUT2D eigenvalue weighted by Gasteiger charge is 2.34. The lowest BCUT2D eigenvalue weighted by molar-refractivity contribution is -0.143. The maximum absolute atomic E-state index is 12.8. The maximum Gasteiger partial charge on any atom is 0.225 e. The SMILES string of the molecule is CCS(=O)(=O)N1CCC(C(=O)N2CCN(C(=O)CC3CCCC3)CC2)CC1. The zero-order valence-electron chi connectivity index (χ0n) is 16.4. The minimum Gasteiger partial charge on any atom is -0.339 e. The number of carbonyl (C=O) groups excluding carboxylic acids is 2. The van der Waals surface area contributed by atoms with Crippen LogP contribution in [0.5, 0.6) is 0 Å². The second-order valence-electron chi connectivity index (χ2n) is 8.13. The van der Waals surface area contributed by atoms with Gasteiger partial charge in [-0.3, -0.25) is 9.59 Å². The molecule has 1 aliphatic carbocycles. The molecule has 2 amide bonds. The Labute approximate surface area is 163 Å². The van der Waals surface area contributed by atoms with E-state index in [9.17, 15) is 18.0 Å². The second-order valence-corrected chi connectivity index (χ2v) is 10.4. The van der Waals surface area contributed by atoms with Crippen molar-refractivity contribution >= 4 is 21.8 Å². The fourth-order valence-corrected chi connectivity index (χ4v) is 5.72. The van der Waals surface area contributed by atoms with Crippen LogP contribution in [0.15, 0.2) is 0 Å². The molecule has 7 nitrogen and oxygen atoms in total. The van der Waals surface area contributed by atoms with Crippen LogP contribution >= 0.6 is 0 Å². The average molecular weight is 400 g/mol. The predicted molar refractivity (Wildman–Crippen MR) is 103 cm³/mol. The van der Waals surface area contributed by atoms with Gasteiger partial charge in [0.1, 0.15) is 0 Å². The lowest BCUT2D eigenvalue weighted by atomic mass is 9.96. The van der Waals surface area contributed by atoms with E-state index in [0.29, 0.717) is 64.4 Å². The lowest BCUT2D eigenvalue weighted by Crippen LogP contribution is -2.53. The minimum absolute atomic E-state index is 0.0888. The molecule has 0 unspecified atom stereocenters. The summed E-state index contributed by atoms with van der Waals surface area (Å²) in [6.45, 7) is 4.98. The zero-order chi connectivity index (χ0) is 19.4. The first-order chi connectivity index (χ1) is 12.9. The molecule has 154 valence electrons. The molecule has 2 aliphatic heterocycles. The van der Waals surface area contributed by atoms with Gasteiger partial charge in [-0.1, -0.05) is 12.8 Å². The Balaban J connectivity index is 1.43. The van der Waals surface area contributed by atoms with Crippen molar-refractivity contribution in [2.75, 3.05) is 45.0 Å². The first-order valence-corrected chi connectivity index (χ1v) is 12.1. The Hall–Kier alpha value is -1.15. The summed E-state index contributed by atoms with van der Waals surface area (Å²) in [5.74, 6) is 0.956. The molecule has 3 rings (SSSR count). The van der Waals surface area contributed by atoms with Crippen LogP contribution in [0.4, 0.5) is 0 Å². The Morgan fingerprint density at radius 1 is 0.852 bits per heavy atom. The molecular formula is C19H33N3O4S. The number of carbonyl (C=O) groups is 2. The van der Waals surface area contributed by atoms with Crippen molar-refractivity contribution in [1.29, 1.82) is 0 Å². The van der Waals surface area contributed by atoms with Crippen LogP contribution in [0.2, 0.25) is 0 Å². The summed E-state index contributed by atoms with van der Waals surface area (Å²) in [7, 11) is -3.16. The van der Waals surface area contributed by atoms with Crippen molar-refractivity contribution in [3.63, 3.8) is 0 Å². The molecule has 0 aromatic heterocycles.